The molecule has 124 valence electrons. The van der Waals surface area contributed by atoms with E-state index < -0.39 is 17.9 Å². The van der Waals surface area contributed by atoms with E-state index in [4.69, 9.17) is 5.11 Å². The smallest absolute Gasteiger partial charge is 0.326 e. The number of aryl methyl sites for hydroxylation is 2. The highest BCUT2D eigenvalue weighted by Crippen LogP contribution is 2.32. The lowest BCUT2D eigenvalue weighted by molar-refractivity contribution is -0.142. The lowest BCUT2D eigenvalue weighted by atomic mass is 10.1. The first-order valence-electron chi connectivity index (χ1n) is 7.80. The summed E-state index contributed by atoms with van der Waals surface area (Å²) >= 11 is 0. The minimum Gasteiger partial charge on any atom is -0.480 e. The molecule has 6 nitrogen and oxygen atoms in total. The Morgan fingerprint density at radius 1 is 1.17 bits per heavy atom. The van der Waals surface area contributed by atoms with Crippen molar-refractivity contribution >= 4 is 17.8 Å². The molecule has 1 aliphatic carbocycles. The summed E-state index contributed by atoms with van der Waals surface area (Å²) < 4.78 is 0. The highest BCUT2D eigenvalue weighted by Gasteiger charge is 2.37. The van der Waals surface area contributed by atoms with E-state index in [1.807, 2.05) is 31.2 Å². The summed E-state index contributed by atoms with van der Waals surface area (Å²) in [6, 6.07) is 7.09. The molecule has 0 saturated heterocycles. The Kier molecular flexibility index (Phi) is 5.73. The fourth-order valence-electron chi connectivity index (χ4n) is 2.32. The van der Waals surface area contributed by atoms with Crippen molar-refractivity contribution in [3.63, 3.8) is 0 Å². The molecular formula is C17H22N2O4. The molecule has 0 heterocycles. The van der Waals surface area contributed by atoms with Gasteiger partial charge in [0.2, 0.25) is 11.8 Å². The van der Waals surface area contributed by atoms with Gasteiger partial charge in [-0.2, -0.15) is 0 Å². The van der Waals surface area contributed by atoms with Crippen molar-refractivity contribution in [2.75, 3.05) is 6.54 Å². The van der Waals surface area contributed by atoms with Crippen LogP contribution >= 0.6 is 0 Å². The SMILES string of the molecule is Cc1ccc(CCC(=O)NCC(=O)NC(C(=O)O)C2CC2)cc1. The van der Waals surface area contributed by atoms with Crippen molar-refractivity contribution in [1.29, 1.82) is 0 Å². The molecule has 23 heavy (non-hydrogen) atoms. The summed E-state index contributed by atoms with van der Waals surface area (Å²) in [5, 5.41) is 14.0. The van der Waals surface area contributed by atoms with E-state index >= 15 is 0 Å². The Morgan fingerprint density at radius 2 is 1.83 bits per heavy atom. The number of benzene rings is 1. The van der Waals surface area contributed by atoms with Gasteiger partial charge >= 0.3 is 5.97 Å². The first kappa shape index (κ1) is 17.0. The third-order valence-corrected chi connectivity index (χ3v) is 3.88. The number of rotatable bonds is 8. The number of carbonyl (C=O) groups is 3. The molecule has 1 aromatic carbocycles. The van der Waals surface area contributed by atoms with Gasteiger partial charge in [0.1, 0.15) is 6.04 Å². The van der Waals surface area contributed by atoms with E-state index in [9.17, 15) is 14.4 Å². The quantitative estimate of drug-likeness (QED) is 0.667. The largest absolute Gasteiger partial charge is 0.480 e. The van der Waals surface area contributed by atoms with Crippen molar-refractivity contribution in [2.45, 2.75) is 38.6 Å². The minimum atomic E-state index is -1.02. The molecule has 1 unspecified atom stereocenters. The predicted octanol–water partition coefficient (Wildman–Crippen LogP) is 1.02. The van der Waals surface area contributed by atoms with E-state index in [0.29, 0.717) is 12.8 Å². The predicted molar refractivity (Wildman–Crippen MR) is 84.8 cm³/mol. The van der Waals surface area contributed by atoms with E-state index in [-0.39, 0.29) is 18.4 Å². The van der Waals surface area contributed by atoms with Crippen molar-refractivity contribution in [2.24, 2.45) is 5.92 Å². The summed E-state index contributed by atoms with van der Waals surface area (Å²) in [5.74, 6) is -1.69. The zero-order chi connectivity index (χ0) is 16.8. The summed E-state index contributed by atoms with van der Waals surface area (Å²) in [7, 11) is 0. The molecule has 2 amide bonds. The molecule has 1 fully saturated rings. The van der Waals surface area contributed by atoms with Gasteiger partial charge < -0.3 is 15.7 Å². The maximum atomic E-state index is 11.7. The maximum absolute atomic E-state index is 11.7. The molecule has 0 radical (unpaired) electrons. The molecule has 2 rings (SSSR count). The fraction of sp³-hybridized carbons (Fsp3) is 0.471. The fourth-order valence-corrected chi connectivity index (χ4v) is 2.32. The van der Waals surface area contributed by atoms with Crippen LogP contribution in [0.5, 0.6) is 0 Å². The van der Waals surface area contributed by atoms with E-state index in [1.54, 1.807) is 0 Å². The minimum absolute atomic E-state index is 0.0219. The first-order valence-corrected chi connectivity index (χ1v) is 7.80. The Hall–Kier alpha value is -2.37. The van der Waals surface area contributed by atoms with Crippen LogP contribution in [-0.2, 0) is 20.8 Å². The summed E-state index contributed by atoms with van der Waals surface area (Å²) in [6.45, 7) is 1.81. The molecule has 1 aromatic rings. The number of carboxylic acid groups (broad SMARTS) is 1. The van der Waals surface area contributed by atoms with Gasteiger partial charge in [-0.1, -0.05) is 29.8 Å². The third-order valence-electron chi connectivity index (χ3n) is 3.88. The lowest BCUT2D eigenvalue weighted by Crippen LogP contribution is -2.46. The molecule has 1 atom stereocenters. The van der Waals surface area contributed by atoms with Gasteiger partial charge in [-0.15, -0.1) is 0 Å². The van der Waals surface area contributed by atoms with Crippen molar-refractivity contribution < 1.29 is 19.5 Å². The van der Waals surface area contributed by atoms with Crippen LogP contribution in [0.25, 0.3) is 0 Å². The van der Waals surface area contributed by atoms with Gasteiger partial charge in [0.25, 0.3) is 0 Å². The monoisotopic (exact) mass is 318 g/mol. The van der Waals surface area contributed by atoms with E-state index in [2.05, 4.69) is 10.6 Å². The second-order valence-electron chi connectivity index (χ2n) is 5.98. The van der Waals surface area contributed by atoms with Gasteiger partial charge in [0.15, 0.2) is 0 Å². The van der Waals surface area contributed by atoms with Gasteiger partial charge in [-0.3, -0.25) is 9.59 Å². The van der Waals surface area contributed by atoms with Crippen LogP contribution in [0, 0.1) is 12.8 Å². The van der Waals surface area contributed by atoms with Crippen LogP contribution in [0.3, 0.4) is 0 Å². The number of aliphatic carboxylic acids is 1. The molecule has 0 spiro atoms. The van der Waals surface area contributed by atoms with Gasteiger partial charge in [-0.25, -0.2) is 4.79 Å². The van der Waals surface area contributed by atoms with Crippen LogP contribution in [0.4, 0.5) is 0 Å². The zero-order valence-corrected chi connectivity index (χ0v) is 13.2. The number of carbonyl (C=O) groups excluding carboxylic acids is 2. The lowest BCUT2D eigenvalue weighted by Gasteiger charge is -2.13. The van der Waals surface area contributed by atoms with Gasteiger partial charge in [-0.05, 0) is 37.7 Å². The topological polar surface area (TPSA) is 95.5 Å². The molecule has 1 saturated carbocycles. The molecular weight excluding hydrogens is 296 g/mol. The second kappa shape index (κ2) is 7.76. The van der Waals surface area contributed by atoms with Crippen LogP contribution < -0.4 is 10.6 Å². The van der Waals surface area contributed by atoms with Crippen molar-refractivity contribution in [1.82, 2.24) is 10.6 Å². The maximum Gasteiger partial charge on any atom is 0.326 e. The molecule has 0 aromatic heterocycles. The number of nitrogens with one attached hydrogen (secondary N) is 2. The van der Waals surface area contributed by atoms with Crippen LogP contribution in [0.2, 0.25) is 0 Å². The Morgan fingerprint density at radius 3 is 2.39 bits per heavy atom. The summed E-state index contributed by atoms with van der Waals surface area (Å²) in [4.78, 5) is 34.5. The van der Waals surface area contributed by atoms with Crippen LogP contribution in [-0.4, -0.2) is 35.5 Å². The standard InChI is InChI=1S/C17H22N2O4/c1-11-2-4-12(5-3-11)6-9-14(20)18-10-15(21)19-16(17(22)23)13-7-8-13/h2-5,13,16H,6-10H2,1H3,(H,18,20)(H,19,21)(H,22,23). The third kappa shape index (κ3) is 5.73. The van der Waals surface area contributed by atoms with E-state index in [1.165, 1.54) is 5.56 Å². The summed E-state index contributed by atoms with van der Waals surface area (Å²) in [5.41, 5.74) is 2.23. The molecule has 0 bridgehead atoms. The molecule has 3 N–H and O–H groups in total. The Bertz CT molecular complexity index is 579. The second-order valence-corrected chi connectivity index (χ2v) is 5.98. The highest BCUT2D eigenvalue weighted by molar-refractivity contribution is 5.88. The molecule has 0 aliphatic heterocycles. The Balaban J connectivity index is 1.68. The summed E-state index contributed by atoms with van der Waals surface area (Å²) in [6.07, 6.45) is 2.54. The van der Waals surface area contributed by atoms with E-state index in [0.717, 1.165) is 18.4 Å². The van der Waals surface area contributed by atoms with Gasteiger partial charge in [0.05, 0.1) is 6.54 Å². The van der Waals surface area contributed by atoms with Gasteiger partial charge in [0, 0.05) is 6.42 Å². The van der Waals surface area contributed by atoms with Crippen LogP contribution in [0.15, 0.2) is 24.3 Å². The van der Waals surface area contributed by atoms with Crippen molar-refractivity contribution in [3.8, 4) is 0 Å². The Labute approximate surface area is 135 Å². The highest BCUT2D eigenvalue weighted by atomic mass is 16.4. The first-order chi connectivity index (χ1) is 11.0. The average Bonchev–Trinajstić information content (AvgIpc) is 3.34. The molecule has 1 aliphatic rings. The number of amides is 2. The van der Waals surface area contributed by atoms with Crippen molar-refractivity contribution in [3.05, 3.63) is 35.4 Å². The number of hydrogen-bond acceptors (Lipinski definition) is 3. The van der Waals surface area contributed by atoms with Crippen LogP contribution in [0.1, 0.15) is 30.4 Å². The number of hydrogen-bond donors (Lipinski definition) is 3. The number of carboxylic acids is 1. The normalized spacial score (nSPS) is 14.8. The molecule has 6 heteroatoms. The average molecular weight is 318 g/mol. The zero-order valence-electron chi connectivity index (χ0n) is 13.2.